The van der Waals surface area contributed by atoms with Crippen LogP contribution in [-0.4, -0.2) is 38.7 Å². The molecule has 1 atom stereocenters. The third-order valence-electron chi connectivity index (χ3n) is 3.17. The molecule has 7 nitrogen and oxygen atoms in total. The monoisotopic (exact) mass is 296 g/mol. The molecule has 0 aliphatic heterocycles. The molecular formula is C14H24N4O3. The number of nitrogens with zero attached hydrogens (tertiary/aromatic N) is 2. The van der Waals surface area contributed by atoms with Crippen molar-refractivity contribution in [2.75, 3.05) is 6.54 Å². The summed E-state index contributed by atoms with van der Waals surface area (Å²) in [6, 6.07) is 0. The average Bonchev–Trinajstić information content (AvgIpc) is 2.85. The first kappa shape index (κ1) is 17.1. The summed E-state index contributed by atoms with van der Waals surface area (Å²) >= 11 is 0. The SMILES string of the molecule is CC(CCNC(=O)c1n[nH]c(C(C)(C)C)n1)CCC(=O)O. The minimum absolute atomic E-state index is 0.137. The standard InChI is InChI=1S/C14H24N4O3/c1-9(5-6-10(19)20)7-8-15-12(21)11-16-13(18-17-11)14(2,3)4/h9H,5-8H2,1-4H3,(H,15,21)(H,19,20)(H,16,17,18). The van der Waals surface area contributed by atoms with Gasteiger partial charge in [0, 0.05) is 18.4 Å². The number of rotatable bonds is 7. The topological polar surface area (TPSA) is 108 Å². The first-order chi connectivity index (χ1) is 9.70. The lowest BCUT2D eigenvalue weighted by Gasteiger charge is -2.12. The van der Waals surface area contributed by atoms with E-state index in [1.54, 1.807) is 0 Å². The van der Waals surface area contributed by atoms with Crippen molar-refractivity contribution in [1.82, 2.24) is 20.5 Å². The van der Waals surface area contributed by atoms with Crippen LogP contribution in [0.2, 0.25) is 0 Å². The zero-order valence-electron chi connectivity index (χ0n) is 13.1. The van der Waals surface area contributed by atoms with Gasteiger partial charge < -0.3 is 10.4 Å². The number of aromatic nitrogens is 3. The van der Waals surface area contributed by atoms with Crippen LogP contribution < -0.4 is 5.32 Å². The number of aromatic amines is 1. The summed E-state index contributed by atoms with van der Waals surface area (Å²) in [7, 11) is 0. The van der Waals surface area contributed by atoms with E-state index in [9.17, 15) is 9.59 Å². The van der Waals surface area contributed by atoms with Crippen molar-refractivity contribution < 1.29 is 14.7 Å². The predicted octanol–water partition coefficient (Wildman–Crippen LogP) is 1.72. The van der Waals surface area contributed by atoms with Crippen LogP contribution in [0.5, 0.6) is 0 Å². The summed E-state index contributed by atoms with van der Waals surface area (Å²) in [5.74, 6) is -0.0484. The van der Waals surface area contributed by atoms with Crippen LogP contribution in [-0.2, 0) is 10.2 Å². The molecule has 0 aliphatic carbocycles. The lowest BCUT2D eigenvalue weighted by Crippen LogP contribution is -2.27. The van der Waals surface area contributed by atoms with Crippen LogP contribution in [0, 0.1) is 5.92 Å². The summed E-state index contributed by atoms with van der Waals surface area (Å²) < 4.78 is 0. The molecule has 0 spiro atoms. The Morgan fingerprint density at radius 1 is 1.33 bits per heavy atom. The predicted molar refractivity (Wildman–Crippen MR) is 78.1 cm³/mol. The van der Waals surface area contributed by atoms with Crippen LogP contribution in [0.3, 0.4) is 0 Å². The van der Waals surface area contributed by atoms with Gasteiger partial charge in [-0.05, 0) is 18.8 Å². The second-order valence-corrected chi connectivity index (χ2v) is 6.34. The van der Waals surface area contributed by atoms with Gasteiger partial charge in [0.1, 0.15) is 5.82 Å². The number of amides is 1. The van der Waals surface area contributed by atoms with Crippen molar-refractivity contribution in [3.63, 3.8) is 0 Å². The average molecular weight is 296 g/mol. The van der Waals surface area contributed by atoms with Gasteiger partial charge in [-0.2, -0.15) is 0 Å². The van der Waals surface area contributed by atoms with Crippen LogP contribution in [0.1, 0.15) is 63.4 Å². The smallest absolute Gasteiger partial charge is 0.303 e. The molecular weight excluding hydrogens is 272 g/mol. The number of hydrogen-bond donors (Lipinski definition) is 3. The van der Waals surface area contributed by atoms with Gasteiger partial charge in [0.2, 0.25) is 5.82 Å². The molecule has 1 amide bonds. The molecule has 0 bridgehead atoms. The third-order valence-corrected chi connectivity index (χ3v) is 3.17. The van der Waals surface area contributed by atoms with Gasteiger partial charge in [0.05, 0.1) is 0 Å². The number of nitrogens with one attached hydrogen (secondary N) is 2. The normalized spacial score (nSPS) is 13.0. The molecule has 0 saturated heterocycles. The number of carboxylic acids is 1. The van der Waals surface area contributed by atoms with Gasteiger partial charge in [-0.25, -0.2) is 4.98 Å². The molecule has 1 aromatic heterocycles. The fraction of sp³-hybridized carbons (Fsp3) is 0.714. The van der Waals surface area contributed by atoms with E-state index in [4.69, 9.17) is 5.11 Å². The second kappa shape index (κ2) is 7.19. The molecule has 1 rings (SSSR count). The van der Waals surface area contributed by atoms with E-state index in [2.05, 4.69) is 20.5 Å². The summed E-state index contributed by atoms with van der Waals surface area (Å²) in [5.41, 5.74) is -0.184. The highest BCUT2D eigenvalue weighted by atomic mass is 16.4. The van der Waals surface area contributed by atoms with Gasteiger partial charge in [0.15, 0.2) is 0 Å². The maximum atomic E-state index is 11.9. The summed E-state index contributed by atoms with van der Waals surface area (Å²) in [5, 5.41) is 18.0. The lowest BCUT2D eigenvalue weighted by molar-refractivity contribution is -0.137. The molecule has 0 aliphatic rings. The van der Waals surface area contributed by atoms with Gasteiger partial charge in [-0.15, -0.1) is 5.10 Å². The van der Waals surface area contributed by atoms with E-state index in [0.29, 0.717) is 18.8 Å². The van der Waals surface area contributed by atoms with Gasteiger partial charge in [-0.3, -0.25) is 14.7 Å². The van der Waals surface area contributed by atoms with Crippen LogP contribution in [0.15, 0.2) is 0 Å². The molecule has 1 unspecified atom stereocenters. The molecule has 7 heteroatoms. The van der Waals surface area contributed by atoms with Crippen LogP contribution in [0.4, 0.5) is 0 Å². The van der Waals surface area contributed by atoms with E-state index < -0.39 is 5.97 Å². The Kier molecular flexibility index (Phi) is 5.87. The number of H-pyrrole nitrogens is 1. The summed E-state index contributed by atoms with van der Waals surface area (Å²) in [4.78, 5) is 26.5. The van der Waals surface area contributed by atoms with Crippen molar-refractivity contribution >= 4 is 11.9 Å². The molecule has 0 saturated carbocycles. The molecule has 118 valence electrons. The highest BCUT2D eigenvalue weighted by molar-refractivity contribution is 5.90. The maximum absolute atomic E-state index is 11.9. The van der Waals surface area contributed by atoms with Crippen molar-refractivity contribution in [1.29, 1.82) is 0 Å². The molecule has 0 fully saturated rings. The van der Waals surface area contributed by atoms with E-state index >= 15 is 0 Å². The highest BCUT2D eigenvalue weighted by Gasteiger charge is 2.21. The van der Waals surface area contributed by atoms with Crippen LogP contribution >= 0.6 is 0 Å². The van der Waals surface area contributed by atoms with Crippen molar-refractivity contribution in [2.45, 2.75) is 52.4 Å². The minimum Gasteiger partial charge on any atom is -0.481 e. The summed E-state index contributed by atoms with van der Waals surface area (Å²) in [6.07, 6.45) is 1.50. The van der Waals surface area contributed by atoms with Gasteiger partial charge in [0.25, 0.3) is 5.91 Å². The molecule has 3 N–H and O–H groups in total. The quantitative estimate of drug-likeness (QED) is 0.710. The van der Waals surface area contributed by atoms with Crippen molar-refractivity contribution in [2.24, 2.45) is 5.92 Å². The number of carboxylic acid groups (broad SMARTS) is 1. The molecule has 1 heterocycles. The number of carbonyl (C=O) groups is 2. The second-order valence-electron chi connectivity index (χ2n) is 6.34. The fourth-order valence-corrected chi connectivity index (χ4v) is 1.72. The number of aliphatic carboxylic acids is 1. The van der Waals surface area contributed by atoms with Gasteiger partial charge >= 0.3 is 5.97 Å². The van der Waals surface area contributed by atoms with Gasteiger partial charge in [-0.1, -0.05) is 27.7 Å². The molecule has 21 heavy (non-hydrogen) atoms. The Morgan fingerprint density at radius 2 is 2.00 bits per heavy atom. The fourth-order valence-electron chi connectivity index (χ4n) is 1.72. The third kappa shape index (κ3) is 5.93. The van der Waals surface area contributed by atoms with E-state index in [1.165, 1.54) is 0 Å². The highest BCUT2D eigenvalue weighted by Crippen LogP contribution is 2.17. The lowest BCUT2D eigenvalue weighted by atomic mass is 9.96. The van der Waals surface area contributed by atoms with Crippen molar-refractivity contribution in [3.05, 3.63) is 11.6 Å². The first-order valence-electron chi connectivity index (χ1n) is 7.13. The molecule has 1 aromatic rings. The molecule has 0 radical (unpaired) electrons. The number of carbonyl (C=O) groups excluding carboxylic acids is 1. The van der Waals surface area contributed by atoms with E-state index in [-0.39, 0.29) is 29.5 Å². The zero-order chi connectivity index (χ0) is 16.0. The Morgan fingerprint density at radius 3 is 2.52 bits per heavy atom. The first-order valence-corrected chi connectivity index (χ1v) is 7.13. The Bertz CT molecular complexity index is 491. The zero-order valence-corrected chi connectivity index (χ0v) is 13.1. The number of hydrogen-bond acceptors (Lipinski definition) is 4. The minimum atomic E-state index is -0.790. The van der Waals surface area contributed by atoms with Crippen molar-refractivity contribution in [3.8, 4) is 0 Å². The summed E-state index contributed by atoms with van der Waals surface area (Å²) in [6.45, 7) is 8.41. The Hall–Kier alpha value is -1.92. The Labute approximate surface area is 124 Å². The maximum Gasteiger partial charge on any atom is 0.303 e. The molecule has 0 aromatic carbocycles. The van der Waals surface area contributed by atoms with E-state index in [0.717, 1.165) is 6.42 Å². The largest absolute Gasteiger partial charge is 0.481 e. The van der Waals surface area contributed by atoms with Crippen LogP contribution in [0.25, 0.3) is 0 Å². The Balaban J connectivity index is 2.37. The van der Waals surface area contributed by atoms with E-state index in [1.807, 2.05) is 27.7 Å².